The number of rotatable bonds is 7. The van der Waals surface area contributed by atoms with E-state index in [1.54, 1.807) is 0 Å². The maximum Gasteiger partial charge on any atom is 0.239 e. The lowest BCUT2D eigenvalue weighted by Gasteiger charge is -2.07. The van der Waals surface area contributed by atoms with Gasteiger partial charge in [0.25, 0.3) is 0 Å². The largest absolute Gasteiger partial charge is 0.376 e. The lowest BCUT2D eigenvalue weighted by Crippen LogP contribution is -2.39. The van der Waals surface area contributed by atoms with Crippen LogP contribution in [0.5, 0.6) is 0 Å². The molecular weight excluding hydrogens is 266 g/mol. The highest BCUT2D eigenvalue weighted by Gasteiger charge is 2.04. The number of hydrogen-bond donors (Lipinski definition) is 3. The zero-order valence-corrected chi connectivity index (χ0v) is 11.8. The number of carbonyl (C=O) groups is 2. The fraction of sp³-hybridized carbons (Fsp3) is 0.385. The van der Waals surface area contributed by atoms with E-state index in [-0.39, 0.29) is 37.3 Å². The Balaban J connectivity index is 0.00000324. The molecule has 19 heavy (non-hydrogen) atoms. The van der Waals surface area contributed by atoms with Crippen molar-refractivity contribution in [2.24, 2.45) is 0 Å². The fourth-order valence-corrected chi connectivity index (χ4v) is 1.31. The summed E-state index contributed by atoms with van der Waals surface area (Å²) in [5.74, 6) is -0.365. The van der Waals surface area contributed by atoms with Gasteiger partial charge in [-0.2, -0.15) is 0 Å². The first kappa shape index (κ1) is 17.2. The molecule has 0 heterocycles. The normalized spacial score (nSPS) is 9.11. The number of hydrogen-bond acceptors (Lipinski definition) is 3. The second-order valence-corrected chi connectivity index (χ2v) is 3.85. The van der Waals surface area contributed by atoms with Gasteiger partial charge in [0, 0.05) is 12.2 Å². The number of anilines is 1. The van der Waals surface area contributed by atoms with E-state index in [1.165, 1.54) is 0 Å². The standard InChI is InChI=1S/C13H19N3O2.ClH/c1-2-8-14-12(17)10-16-13(18)9-15-11-6-4-3-5-7-11;/h3-7,15H,2,8-10H2,1H3,(H,14,17)(H,16,18);1H. The molecule has 1 rings (SSSR count). The summed E-state index contributed by atoms with van der Waals surface area (Å²) < 4.78 is 0. The van der Waals surface area contributed by atoms with Crippen LogP contribution in [0.1, 0.15) is 13.3 Å². The summed E-state index contributed by atoms with van der Waals surface area (Å²) in [4.78, 5) is 22.7. The fourth-order valence-electron chi connectivity index (χ4n) is 1.31. The number of para-hydroxylation sites is 1. The maximum absolute atomic E-state index is 11.4. The molecule has 0 fully saturated rings. The molecule has 0 aliphatic carbocycles. The summed E-state index contributed by atoms with van der Waals surface area (Å²) in [6.45, 7) is 2.79. The second kappa shape index (κ2) is 10.2. The van der Waals surface area contributed by atoms with Gasteiger partial charge in [0.15, 0.2) is 0 Å². The van der Waals surface area contributed by atoms with Gasteiger partial charge in [-0.1, -0.05) is 25.1 Å². The predicted octanol–water partition coefficient (Wildman–Crippen LogP) is 1.16. The summed E-state index contributed by atoms with van der Waals surface area (Å²) in [5.41, 5.74) is 0.878. The molecule has 0 aliphatic heterocycles. The van der Waals surface area contributed by atoms with E-state index >= 15 is 0 Å². The molecule has 0 saturated carbocycles. The highest BCUT2D eigenvalue weighted by molar-refractivity contribution is 5.86. The third-order valence-electron chi connectivity index (χ3n) is 2.25. The quantitative estimate of drug-likeness (QED) is 0.704. The van der Waals surface area contributed by atoms with Crippen LogP contribution >= 0.6 is 12.4 Å². The minimum absolute atomic E-state index is 0. The molecule has 0 spiro atoms. The van der Waals surface area contributed by atoms with E-state index in [0.717, 1.165) is 12.1 Å². The maximum atomic E-state index is 11.4. The van der Waals surface area contributed by atoms with Gasteiger partial charge >= 0.3 is 0 Å². The molecule has 0 aromatic heterocycles. The van der Waals surface area contributed by atoms with Crippen molar-refractivity contribution < 1.29 is 9.59 Å². The minimum Gasteiger partial charge on any atom is -0.376 e. The second-order valence-electron chi connectivity index (χ2n) is 3.85. The van der Waals surface area contributed by atoms with Gasteiger partial charge < -0.3 is 16.0 Å². The average molecular weight is 286 g/mol. The lowest BCUT2D eigenvalue weighted by atomic mass is 10.3. The van der Waals surface area contributed by atoms with Crippen molar-refractivity contribution in [3.05, 3.63) is 30.3 Å². The average Bonchev–Trinajstić information content (AvgIpc) is 2.41. The monoisotopic (exact) mass is 285 g/mol. The predicted molar refractivity (Wildman–Crippen MR) is 78.5 cm³/mol. The first-order valence-corrected chi connectivity index (χ1v) is 6.04. The van der Waals surface area contributed by atoms with Crippen LogP contribution in [-0.2, 0) is 9.59 Å². The van der Waals surface area contributed by atoms with E-state index < -0.39 is 0 Å². The third kappa shape index (κ3) is 8.05. The topological polar surface area (TPSA) is 70.2 Å². The smallest absolute Gasteiger partial charge is 0.239 e. The van der Waals surface area contributed by atoms with Crippen molar-refractivity contribution in [2.75, 3.05) is 25.0 Å². The van der Waals surface area contributed by atoms with Gasteiger partial charge in [0.05, 0.1) is 13.1 Å². The molecule has 0 unspecified atom stereocenters. The molecule has 3 N–H and O–H groups in total. The minimum atomic E-state index is -0.203. The molecule has 106 valence electrons. The van der Waals surface area contributed by atoms with Crippen LogP contribution in [0.3, 0.4) is 0 Å². The van der Waals surface area contributed by atoms with E-state index in [9.17, 15) is 9.59 Å². The third-order valence-corrected chi connectivity index (χ3v) is 2.25. The van der Waals surface area contributed by atoms with Crippen LogP contribution in [0.15, 0.2) is 30.3 Å². The molecular formula is C13H20ClN3O2. The van der Waals surface area contributed by atoms with Crippen LogP contribution in [0, 0.1) is 0 Å². The van der Waals surface area contributed by atoms with Crippen molar-refractivity contribution >= 4 is 29.9 Å². The number of benzene rings is 1. The molecule has 0 aliphatic rings. The van der Waals surface area contributed by atoms with E-state index in [0.29, 0.717) is 6.54 Å². The Labute approximate surface area is 119 Å². The van der Waals surface area contributed by atoms with Crippen molar-refractivity contribution in [1.82, 2.24) is 10.6 Å². The highest BCUT2D eigenvalue weighted by Crippen LogP contribution is 2.03. The summed E-state index contributed by atoms with van der Waals surface area (Å²) in [5, 5.41) is 8.20. The Morgan fingerprint density at radius 3 is 2.26 bits per heavy atom. The first-order chi connectivity index (χ1) is 8.72. The van der Waals surface area contributed by atoms with Crippen LogP contribution in [0.4, 0.5) is 5.69 Å². The summed E-state index contributed by atoms with van der Waals surface area (Å²) in [6, 6.07) is 9.43. The van der Waals surface area contributed by atoms with Crippen molar-refractivity contribution in [1.29, 1.82) is 0 Å². The van der Waals surface area contributed by atoms with Crippen molar-refractivity contribution in [3.8, 4) is 0 Å². The van der Waals surface area contributed by atoms with Gasteiger partial charge in [-0.15, -0.1) is 12.4 Å². The van der Waals surface area contributed by atoms with Crippen LogP contribution in [0.2, 0.25) is 0 Å². The zero-order valence-electron chi connectivity index (χ0n) is 10.9. The Morgan fingerprint density at radius 2 is 1.63 bits per heavy atom. The molecule has 0 bridgehead atoms. The van der Waals surface area contributed by atoms with Crippen LogP contribution < -0.4 is 16.0 Å². The summed E-state index contributed by atoms with van der Waals surface area (Å²) >= 11 is 0. The Bertz CT molecular complexity index is 385. The Morgan fingerprint density at radius 1 is 1.00 bits per heavy atom. The van der Waals surface area contributed by atoms with Crippen molar-refractivity contribution in [3.63, 3.8) is 0 Å². The van der Waals surface area contributed by atoms with Crippen LogP contribution in [0.25, 0.3) is 0 Å². The SMILES string of the molecule is CCCNC(=O)CNC(=O)CNc1ccccc1.Cl. The summed E-state index contributed by atoms with van der Waals surface area (Å²) in [6.07, 6.45) is 0.884. The molecule has 2 amide bonds. The van der Waals surface area contributed by atoms with Crippen molar-refractivity contribution in [2.45, 2.75) is 13.3 Å². The summed E-state index contributed by atoms with van der Waals surface area (Å²) in [7, 11) is 0. The van der Waals surface area contributed by atoms with Gasteiger partial charge in [0.1, 0.15) is 0 Å². The molecule has 1 aromatic carbocycles. The number of halogens is 1. The van der Waals surface area contributed by atoms with E-state index in [2.05, 4.69) is 16.0 Å². The lowest BCUT2D eigenvalue weighted by molar-refractivity contribution is -0.125. The van der Waals surface area contributed by atoms with Gasteiger partial charge in [-0.25, -0.2) is 0 Å². The molecule has 1 aromatic rings. The Hall–Kier alpha value is -1.75. The number of amides is 2. The molecule has 5 nitrogen and oxygen atoms in total. The first-order valence-electron chi connectivity index (χ1n) is 6.04. The highest BCUT2D eigenvalue weighted by atomic mass is 35.5. The number of nitrogens with one attached hydrogen (secondary N) is 3. The number of carbonyl (C=O) groups excluding carboxylic acids is 2. The van der Waals surface area contributed by atoms with E-state index in [4.69, 9.17) is 0 Å². The van der Waals surface area contributed by atoms with E-state index in [1.807, 2.05) is 37.3 Å². The van der Waals surface area contributed by atoms with Gasteiger partial charge in [0.2, 0.25) is 11.8 Å². The van der Waals surface area contributed by atoms with Crippen LogP contribution in [-0.4, -0.2) is 31.4 Å². The van der Waals surface area contributed by atoms with Gasteiger partial charge in [-0.05, 0) is 18.6 Å². The zero-order chi connectivity index (χ0) is 13.2. The molecule has 0 atom stereocenters. The van der Waals surface area contributed by atoms with Gasteiger partial charge in [-0.3, -0.25) is 9.59 Å². The molecule has 0 radical (unpaired) electrons. The molecule has 6 heteroatoms. The Kier molecular flexibility index (Phi) is 9.26. The molecule has 0 saturated heterocycles.